The first kappa shape index (κ1) is 13.3. The van der Waals surface area contributed by atoms with Gasteiger partial charge in [0.1, 0.15) is 5.82 Å². The third kappa shape index (κ3) is 3.19. The summed E-state index contributed by atoms with van der Waals surface area (Å²) in [5.41, 5.74) is 1.74. The van der Waals surface area contributed by atoms with Crippen LogP contribution in [0, 0.1) is 12.7 Å². The second kappa shape index (κ2) is 5.65. The molecule has 1 aromatic carbocycles. The Kier molecular flexibility index (Phi) is 3.94. The summed E-state index contributed by atoms with van der Waals surface area (Å²) in [5, 5.41) is 9.37. The van der Waals surface area contributed by atoms with Gasteiger partial charge >= 0.3 is 0 Å². The van der Waals surface area contributed by atoms with Crippen LogP contribution in [-0.2, 0) is 6.42 Å². The number of amides is 1. The van der Waals surface area contributed by atoms with E-state index in [0.717, 1.165) is 24.1 Å². The lowest BCUT2D eigenvalue weighted by Gasteiger charge is -2.03. The number of benzene rings is 1. The van der Waals surface area contributed by atoms with Crippen LogP contribution in [0.4, 0.5) is 10.2 Å². The maximum absolute atomic E-state index is 13.6. The largest absolute Gasteiger partial charge is 0.305 e. The lowest BCUT2D eigenvalue weighted by atomic mass is 10.1. The highest BCUT2D eigenvalue weighted by Gasteiger charge is 2.13. The van der Waals surface area contributed by atoms with Gasteiger partial charge in [0.15, 0.2) is 5.82 Å². The predicted octanol–water partition coefficient (Wildman–Crippen LogP) is 3.06. The molecule has 1 amide bonds. The Morgan fingerprint density at radius 3 is 2.89 bits per heavy atom. The summed E-state index contributed by atoms with van der Waals surface area (Å²) >= 11 is 0. The van der Waals surface area contributed by atoms with Crippen molar-refractivity contribution in [1.29, 1.82) is 0 Å². The molecule has 19 heavy (non-hydrogen) atoms. The summed E-state index contributed by atoms with van der Waals surface area (Å²) in [6, 6.07) is 6.26. The van der Waals surface area contributed by atoms with Crippen LogP contribution in [0.25, 0.3) is 0 Å². The molecule has 0 unspecified atom stereocenters. The zero-order chi connectivity index (χ0) is 13.8. The molecule has 0 aliphatic heterocycles. The Hall–Kier alpha value is -2.17. The van der Waals surface area contributed by atoms with Crippen molar-refractivity contribution in [3.8, 4) is 0 Å². The van der Waals surface area contributed by atoms with Gasteiger partial charge in [-0.1, -0.05) is 19.4 Å². The van der Waals surface area contributed by atoms with Gasteiger partial charge < -0.3 is 5.32 Å². The van der Waals surface area contributed by atoms with Gasteiger partial charge in [-0.2, -0.15) is 5.10 Å². The number of nitrogens with zero attached hydrogens (tertiary/aromatic N) is 1. The molecular formula is C14H16FN3O. The molecule has 0 radical (unpaired) electrons. The monoisotopic (exact) mass is 261 g/mol. The summed E-state index contributed by atoms with van der Waals surface area (Å²) in [6.07, 6.45) is 1.85. The summed E-state index contributed by atoms with van der Waals surface area (Å²) in [4.78, 5) is 11.9. The van der Waals surface area contributed by atoms with Crippen LogP contribution in [0.2, 0.25) is 0 Å². The second-order valence-corrected chi connectivity index (χ2v) is 4.47. The van der Waals surface area contributed by atoms with E-state index in [4.69, 9.17) is 0 Å². The number of anilines is 1. The molecule has 0 atom stereocenters. The highest BCUT2D eigenvalue weighted by atomic mass is 19.1. The van der Waals surface area contributed by atoms with Crippen molar-refractivity contribution in [2.75, 3.05) is 5.32 Å². The number of hydrogen-bond acceptors (Lipinski definition) is 2. The fourth-order valence-corrected chi connectivity index (χ4v) is 1.81. The zero-order valence-electron chi connectivity index (χ0n) is 11.0. The first-order chi connectivity index (χ1) is 9.10. The average molecular weight is 261 g/mol. The third-order valence-corrected chi connectivity index (χ3v) is 2.76. The molecule has 4 nitrogen and oxygen atoms in total. The van der Waals surface area contributed by atoms with Crippen molar-refractivity contribution in [3.63, 3.8) is 0 Å². The Labute approximate surface area is 111 Å². The zero-order valence-corrected chi connectivity index (χ0v) is 11.0. The van der Waals surface area contributed by atoms with Gasteiger partial charge in [0.2, 0.25) is 0 Å². The van der Waals surface area contributed by atoms with E-state index in [1.165, 1.54) is 12.1 Å². The van der Waals surface area contributed by atoms with Crippen molar-refractivity contribution in [2.45, 2.75) is 26.7 Å². The Bertz CT molecular complexity index is 592. The fourth-order valence-electron chi connectivity index (χ4n) is 1.81. The Balaban J connectivity index is 2.11. The first-order valence-electron chi connectivity index (χ1n) is 6.22. The van der Waals surface area contributed by atoms with Crippen molar-refractivity contribution in [3.05, 3.63) is 46.9 Å². The number of halogens is 1. The van der Waals surface area contributed by atoms with Gasteiger partial charge in [-0.25, -0.2) is 4.39 Å². The molecule has 0 saturated heterocycles. The van der Waals surface area contributed by atoms with Gasteiger partial charge in [0, 0.05) is 11.8 Å². The number of aromatic nitrogens is 2. The molecule has 2 rings (SSSR count). The average Bonchev–Trinajstić information content (AvgIpc) is 2.76. The van der Waals surface area contributed by atoms with Gasteiger partial charge in [0.25, 0.3) is 5.91 Å². The highest BCUT2D eigenvalue weighted by Crippen LogP contribution is 2.13. The molecule has 0 fully saturated rings. The SMILES string of the molecule is CCCc1cc(NC(=O)c2ccc(C)cc2F)n[nH]1. The van der Waals surface area contributed by atoms with Gasteiger partial charge in [-0.3, -0.25) is 9.89 Å². The smallest absolute Gasteiger partial charge is 0.259 e. The lowest BCUT2D eigenvalue weighted by molar-refractivity contribution is 0.102. The van der Waals surface area contributed by atoms with Crippen LogP contribution in [0.15, 0.2) is 24.3 Å². The molecule has 0 aliphatic rings. The number of carbonyl (C=O) groups is 1. The molecule has 5 heteroatoms. The van der Waals surface area contributed by atoms with Crippen LogP contribution in [0.1, 0.15) is 35.0 Å². The topological polar surface area (TPSA) is 57.8 Å². The summed E-state index contributed by atoms with van der Waals surface area (Å²) in [6.45, 7) is 3.83. The molecule has 0 bridgehead atoms. The fraction of sp³-hybridized carbons (Fsp3) is 0.286. The molecule has 0 spiro atoms. The third-order valence-electron chi connectivity index (χ3n) is 2.76. The van der Waals surface area contributed by atoms with Crippen LogP contribution in [-0.4, -0.2) is 16.1 Å². The van der Waals surface area contributed by atoms with Crippen LogP contribution >= 0.6 is 0 Å². The van der Waals surface area contributed by atoms with Crippen molar-refractivity contribution < 1.29 is 9.18 Å². The number of aryl methyl sites for hydroxylation is 2. The number of aromatic amines is 1. The number of carbonyl (C=O) groups excluding carboxylic acids is 1. The first-order valence-corrected chi connectivity index (χ1v) is 6.22. The number of H-pyrrole nitrogens is 1. The molecule has 0 saturated carbocycles. The van der Waals surface area contributed by atoms with E-state index < -0.39 is 11.7 Å². The van der Waals surface area contributed by atoms with Gasteiger partial charge in [-0.05, 0) is 31.0 Å². The minimum absolute atomic E-state index is 0.0191. The van der Waals surface area contributed by atoms with Crippen molar-refractivity contribution in [1.82, 2.24) is 10.2 Å². The molecule has 1 aromatic heterocycles. The quantitative estimate of drug-likeness (QED) is 0.888. The molecule has 2 aromatic rings. The number of rotatable bonds is 4. The molecule has 1 heterocycles. The molecule has 0 aliphatic carbocycles. The summed E-state index contributed by atoms with van der Waals surface area (Å²) in [7, 11) is 0. The second-order valence-electron chi connectivity index (χ2n) is 4.47. The maximum Gasteiger partial charge on any atom is 0.259 e. The minimum atomic E-state index is -0.526. The maximum atomic E-state index is 13.6. The van der Waals surface area contributed by atoms with E-state index in [0.29, 0.717) is 5.82 Å². The van der Waals surface area contributed by atoms with E-state index in [-0.39, 0.29) is 5.56 Å². The number of hydrogen-bond donors (Lipinski definition) is 2. The van der Waals surface area contributed by atoms with Gasteiger partial charge in [0.05, 0.1) is 5.56 Å². The minimum Gasteiger partial charge on any atom is -0.305 e. The molecule has 2 N–H and O–H groups in total. The number of nitrogens with one attached hydrogen (secondary N) is 2. The standard InChI is InChI=1S/C14H16FN3O/c1-3-4-10-8-13(18-17-10)16-14(19)11-6-5-9(2)7-12(11)15/h5-8H,3-4H2,1-2H3,(H2,16,17,18,19). The Morgan fingerprint density at radius 2 is 2.21 bits per heavy atom. The van der Waals surface area contributed by atoms with Crippen LogP contribution < -0.4 is 5.32 Å². The normalized spacial score (nSPS) is 10.5. The summed E-state index contributed by atoms with van der Waals surface area (Å²) < 4.78 is 13.6. The van der Waals surface area contributed by atoms with E-state index in [1.54, 1.807) is 19.1 Å². The Morgan fingerprint density at radius 1 is 1.42 bits per heavy atom. The van der Waals surface area contributed by atoms with Crippen molar-refractivity contribution in [2.24, 2.45) is 0 Å². The van der Waals surface area contributed by atoms with E-state index in [9.17, 15) is 9.18 Å². The van der Waals surface area contributed by atoms with E-state index in [2.05, 4.69) is 22.4 Å². The summed E-state index contributed by atoms with van der Waals surface area (Å²) in [5.74, 6) is -0.609. The van der Waals surface area contributed by atoms with E-state index >= 15 is 0 Å². The lowest BCUT2D eigenvalue weighted by Crippen LogP contribution is -2.14. The van der Waals surface area contributed by atoms with E-state index in [1.807, 2.05) is 0 Å². The van der Waals surface area contributed by atoms with Crippen LogP contribution in [0.3, 0.4) is 0 Å². The predicted molar refractivity (Wildman–Crippen MR) is 71.7 cm³/mol. The van der Waals surface area contributed by atoms with Crippen molar-refractivity contribution >= 4 is 11.7 Å². The van der Waals surface area contributed by atoms with Crippen LogP contribution in [0.5, 0.6) is 0 Å². The van der Waals surface area contributed by atoms with Gasteiger partial charge in [-0.15, -0.1) is 0 Å². The molecular weight excluding hydrogens is 245 g/mol. The highest BCUT2D eigenvalue weighted by molar-refractivity contribution is 6.03. The molecule has 100 valence electrons.